The van der Waals surface area contributed by atoms with E-state index in [9.17, 15) is 19.5 Å². The molecule has 1 heterocycles. The van der Waals surface area contributed by atoms with Gasteiger partial charge in [0.2, 0.25) is 11.8 Å². The van der Waals surface area contributed by atoms with Gasteiger partial charge in [-0.3, -0.25) is 14.4 Å². The highest BCUT2D eigenvalue weighted by atomic mass is 16.5. The van der Waals surface area contributed by atoms with Gasteiger partial charge in [0.05, 0.1) is 25.3 Å². The summed E-state index contributed by atoms with van der Waals surface area (Å²) in [5.41, 5.74) is 2.25. The number of nitrogens with one attached hydrogen (secondary N) is 1. The Balaban J connectivity index is 1.73. The van der Waals surface area contributed by atoms with Crippen molar-refractivity contribution in [3.8, 4) is 5.75 Å². The minimum Gasteiger partial charge on any atom is -0.497 e. The second-order valence-electron chi connectivity index (χ2n) is 8.57. The van der Waals surface area contributed by atoms with E-state index in [1.54, 1.807) is 43.2 Å². The standard InChI is InChI=1S/C26H32N4O5/c1-3-22(26(33)34)24(18-8-12-21(35-2)13-9-18)29-23(31)15-19-5-4-14-30(25(19)32)20-10-6-17(7-11-20)16-28-27/h6-13,16,19,22,24H,3-5,14-15,27H2,1-2H3,(H,29,31)(H,33,34). The second-order valence-corrected chi connectivity index (χ2v) is 8.57. The summed E-state index contributed by atoms with van der Waals surface area (Å²) in [6, 6.07) is 13.6. The molecule has 9 heteroatoms. The maximum atomic E-state index is 13.2. The zero-order valence-corrected chi connectivity index (χ0v) is 20.0. The molecule has 0 bridgehead atoms. The van der Waals surface area contributed by atoms with E-state index < -0.39 is 23.8 Å². The van der Waals surface area contributed by atoms with Gasteiger partial charge in [-0.1, -0.05) is 31.2 Å². The van der Waals surface area contributed by atoms with Gasteiger partial charge in [0.15, 0.2) is 0 Å². The zero-order chi connectivity index (χ0) is 25.4. The fourth-order valence-corrected chi connectivity index (χ4v) is 4.46. The summed E-state index contributed by atoms with van der Waals surface area (Å²) in [6.07, 6.45) is 3.23. The fourth-order valence-electron chi connectivity index (χ4n) is 4.46. The highest BCUT2D eigenvalue weighted by Crippen LogP contribution is 2.29. The number of benzene rings is 2. The highest BCUT2D eigenvalue weighted by molar-refractivity contribution is 5.98. The number of nitrogens with two attached hydrogens (primary N) is 1. The van der Waals surface area contributed by atoms with Gasteiger partial charge in [-0.25, -0.2) is 0 Å². The number of ether oxygens (including phenoxy) is 1. The van der Waals surface area contributed by atoms with Crippen LogP contribution in [0.15, 0.2) is 53.6 Å². The van der Waals surface area contributed by atoms with E-state index in [0.717, 1.165) is 17.7 Å². The summed E-state index contributed by atoms with van der Waals surface area (Å²) < 4.78 is 5.18. The molecule has 0 aromatic heterocycles. The largest absolute Gasteiger partial charge is 0.497 e. The van der Waals surface area contributed by atoms with Gasteiger partial charge in [-0.05, 0) is 54.7 Å². The van der Waals surface area contributed by atoms with Gasteiger partial charge in [0.25, 0.3) is 0 Å². The van der Waals surface area contributed by atoms with Crippen LogP contribution in [0.5, 0.6) is 5.75 Å². The molecule has 2 aromatic carbocycles. The lowest BCUT2D eigenvalue weighted by Crippen LogP contribution is -2.44. The molecule has 2 aromatic rings. The Morgan fingerprint density at radius 3 is 2.49 bits per heavy atom. The van der Waals surface area contributed by atoms with Crippen LogP contribution in [-0.4, -0.2) is 42.8 Å². The average Bonchev–Trinajstić information content (AvgIpc) is 2.86. The van der Waals surface area contributed by atoms with Crippen molar-refractivity contribution in [1.82, 2.24) is 5.32 Å². The van der Waals surface area contributed by atoms with E-state index >= 15 is 0 Å². The van der Waals surface area contributed by atoms with Crippen LogP contribution >= 0.6 is 0 Å². The lowest BCUT2D eigenvalue weighted by atomic mass is 9.89. The molecular formula is C26H32N4O5. The minimum absolute atomic E-state index is 0.00401. The monoisotopic (exact) mass is 480 g/mol. The molecule has 186 valence electrons. The molecule has 0 saturated carbocycles. The first-order chi connectivity index (χ1) is 16.9. The van der Waals surface area contributed by atoms with Crippen molar-refractivity contribution in [3.05, 3.63) is 59.7 Å². The third-order valence-electron chi connectivity index (χ3n) is 6.36. The van der Waals surface area contributed by atoms with Crippen LogP contribution in [0, 0.1) is 11.8 Å². The number of carboxylic acid groups (broad SMARTS) is 1. The van der Waals surface area contributed by atoms with Crippen LogP contribution < -0.4 is 20.8 Å². The number of carbonyl (C=O) groups excluding carboxylic acids is 2. The Bertz CT molecular complexity index is 1050. The molecule has 4 N–H and O–H groups in total. The summed E-state index contributed by atoms with van der Waals surface area (Å²) in [5.74, 6) is 3.09. The van der Waals surface area contributed by atoms with E-state index in [1.807, 2.05) is 24.3 Å². The first-order valence-corrected chi connectivity index (χ1v) is 11.7. The van der Waals surface area contributed by atoms with E-state index in [0.29, 0.717) is 30.7 Å². The second kappa shape index (κ2) is 12.0. The number of nitrogens with zero attached hydrogens (tertiary/aromatic N) is 2. The van der Waals surface area contributed by atoms with Crippen molar-refractivity contribution in [2.45, 2.75) is 38.6 Å². The topological polar surface area (TPSA) is 134 Å². The number of aliphatic carboxylic acids is 1. The van der Waals surface area contributed by atoms with Crippen LogP contribution in [-0.2, 0) is 14.4 Å². The number of rotatable bonds is 10. The Kier molecular flexibility index (Phi) is 8.83. The number of carboxylic acids is 1. The Labute approximate surface area is 204 Å². The molecule has 0 radical (unpaired) electrons. The van der Waals surface area contributed by atoms with E-state index in [2.05, 4.69) is 10.4 Å². The molecule has 1 aliphatic rings. The molecule has 35 heavy (non-hydrogen) atoms. The van der Waals surface area contributed by atoms with Crippen molar-refractivity contribution in [2.75, 3.05) is 18.6 Å². The zero-order valence-electron chi connectivity index (χ0n) is 20.0. The molecule has 0 spiro atoms. The van der Waals surface area contributed by atoms with Crippen LogP contribution in [0.1, 0.15) is 49.8 Å². The number of amides is 2. The van der Waals surface area contributed by atoms with E-state index in [4.69, 9.17) is 10.6 Å². The summed E-state index contributed by atoms with van der Waals surface area (Å²) in [7, 11) is 1.55. The van der Waals surface area contributed by atoms with Gasteiger partial charge in [0, 0.05) is 24.6 Å². The van der Waals surface area contributed by atoms with Crippen LogP contribution in [0.4, 0.5) is 5.69 Å². The van der Waals surface area contributed by atoms with Crippen LogP contribution in [0.3, 0.4) is 0 Å². The van der Waals surface area contributed by atoms with Crippen molar-refractivity contribution < 1.29 is 24.2 Å². The third-order valence-corrected chi connectivity index (χ3v) is 6.36. The fraction of sp³-hybridized carbons (Fsp3) is 0.385. The quantitative estimate of drug-likeness (QED) is 0.272. The number of hydrazone groups is 1. The number of carbonyl (C=O) groups is 3. The van der Waals surface area contributed by atoms with Crippen molar-refractivity contribution in [2.24, 2.45) is 22.8 Å². The third kappa shape index (κ3) is 6.38. The van der Waals surface area contributed by atoms with Gasteiger partial charge < -0.3 is 25.9 Å². The smallest absolute Gasteiger partial charge is 0.308 e. The number of methoxy groups -OCH3 is 1. The maximum Gasteiger partial charge on any atom is 0.308 e. The number of hydrogen-bond acceptors (Lipinski definition) is 6. The van der Waals surface area contributed by atoms with Crippen molar-refractivity contribution in [1.29, 1.82) is 0 Å². The molecule has 9 nitrogen and oxygen atoms in total. The van der Waals surface area contributed by atoms with E-state index in [1.165, 1.54) is 6.21 Å². The number of piperidine rings is 1. The molecule has 2 amide bonds. The first kappa shape index (κ1) is 25.7. The highest BCUT2D eigenvalue weighted by Gasteiger charge is 2.34. The summed E-state index contributed by atoms with van der Waals surface area (Å²) in [6.45, 7) is 2.35. The van der Waals surface area contributed by atoms with E-state index in [-0.39, 0.29) is 18.2 Å². The molecule has 1 saturated heterocycles. The summed E-state index contributed by atoms with van der Waals surface area (Å²) in [4.78, 5) is 39.8. The molecule has 1 aliphatic heterocycles. The first-order valence-electron chi connectivity index (χ1n) is 11.7. The van der Waals surface area contributed by atoms with Gasteiger partial charge >= 0.3 is 5.97 Å². The SMILES string of the molecule is CCC(C(=O)O)C(NC(=O)CC1CCCN(c2ccc(C=NN)cc2)C1=O)c1ccc(OC)cc1. The van der Waals surface area contributed by atoms with Gasteiger partial charge in [-0.15, -0.1) is 0 Å². The normalized spacial score (nSPS) is 17.7. The van der Waals surface area contributed by atoms with Gasteiger partial charge in [0.1, 0.15) is 5.75 Å². The average molecular weight is 481 g/mol. The Morgan fingerprint density at radius 2 is 1.91 bits per heavy atom. The molecular weight excluding hydrogens is 448 g/mol. The van der Waals surface area contributed by atoms with Crippen LogP contribution in [0.25, 0.3) is 0 Å². The summed E-state index contributed by atoms with van der Waals surface area (Å²) >= 11 is 0. The molecule has 0 aliphatic carbocycles. The molecule has 3 unspecified atom stereocenters. The van der Waals surface area contributed by atoms with Crippen molar-refractivity contribution >= 4 is 29.7 Å². The Hall–Kier alpha value is -3.88. The lowest BCUT2D eigenvalue weighted by Gasteiger charge is -2.33. The van der Waals surface area contributed by atoms with Gasteiger partial charge in [-0.2, -0.15) is 5.10 Å². The predicted molar refractivity (Wildman–Crippen MR) is 133 cm³/mol. The molecule has 1 fully saturated rings. The lowest BCUT2D eigenvalue weighted by molar-refractivity contribution is -0.143. The number of anilines is 1. The molecule has 3 rings (SSSR count). The van der Waals surface area contributed by atoms with Crippen molar-refractivity contribution in [3.63, 3.8) is 0 Å². The minimum atomic E-state index is -0.989. The van der Waals surface area contributed by atoms with Crippen LogP contribution in [0.2, 0.25) is 0 Å². The molecule has 3 atom stereocenters. The predicted octanol–water partition coefficient (Wildman–Crippen LogP) is 3.09. The summed E-state index contributed by atoms with van der Waals surface area (Å²) in [5, 5.41) is 16.1. The number of hydrogen-bond donors (Lipinski definition) is 3. The Morgan fingerprint density at radius 1 is 1.23 bits per heavy atom. The maximum absolute atomic E-state index is 13.2.